The van der Waals surface area contributed by atoms with Gasteiger partial charge in [-0.3, -0.25) is 19.3 Å². The largest absolute Gasteiger partial charge is 0.497 e. The van der Waals surface area contributed by atoms with E-state index in [1.807, 2.05) is 6.92 Å². The van der Waals surface area contributed by atoms with Crippen LogP contribution < -0.4 is 10.1 Å². The van der Waals surface area contributed by atoms with Gasteiger partial charge in [-0.2, -0.15) is 0 Å². The zero-order valence-electron chi connectivity index (χ0n) is 18.6. The summed E-state index contributed by atoms with van der Waals surface area (Å²) in [5, 5.41) is 2.91. The van der Waals surface area contributed by atoms with E-state index in [0.717, 1.165) is 6.42 Å². The van der Waals surface area contributed by atoms with E-state index in [4.69, 9.17) is 4.74 Å². The molecule has 0 aromatic heterocycles. The maximum absolute atomic E-state index is 13.4. The number of benzene rings is 1. The first kappa shape index (κ1) is 22.1. The van der Waals surface area contributed by atoms with Gasteiger partial charge in [-0.25, -0.2) is 4.79 Å². The number of nitrogens with zero attached hydrogens (tertiary/aromatic N) is 3. The molecular weight excluding hydrogens is 412 g/mol. The third-order valence-corrected chi connectivity index (χ3v) is 6.85. The summed E-state index contributed by atoms with van der Waals surface area (Å²) in [7, 11) is 1.57. The molecule has 1 aromatic rings. The van der Waals surface area contributed by atoms with Crippen LogP contribution in [0.3, 0.4) is 0 Å². The number of hydrogen-bond acceptors (Lipinski definition) is 5. The van der Waals surface area contributed by atoms with Crippen LogP contribution in [-0.4, -0.2) is 83.3 Å². The van der Waals surface area contributed by atoms with Gasteiger partial charge in [0.1, 0.15) is 11.3 Å². The molecule has 1 spiro atoms. The number of carbonyl (C=O) groups is 4. The zero-order chi connectivity index (χ0) is 22.9. The Hall–Kier alpha value is -3.10. The second kappa shape index (κ2) is 8.80. The Bertz CT molecular complexity index is 907. The van der Waals surface area contributed by atoms with E-state index < -0.39 is 11.6 Å². The Kier molecular flexibility index (Phi) is 6.08. The van der Waals surface area contributed by atoms with Crippen LogP contribution in [0.4, 0.5) is 4.79 Å². The van der Waals surface area contributed by atoms with Gasteiger partial charge < -0.3 is 19.9 Å². The van der Waals surface area contributed by atoms with Crippen LogP contribution in [0.5, 0.6) is 5.75 Å². The van der Waals surface area contributed by atoms with Crippen molar-refractivity contribution in [2.75, 3.05) is 33.3 Å². The SMILES string of the molecule is CCC(=O)N1CCC2(CC1)NC(=O)N([C@@H]1CCCN(C(=O)c3ccc(OC)cc3)C1)C2=O. The molecule has 3 heterocycles. The highest BCUT2D eigenvalue weighted by atomic mass is 16.5. The molecule has 4 rings (SSSR count). The highest BCUT2D eigenvalue weighted by Gasteiger charge is 2.54. The predicted octanol–water partition coefficient (Wildman–Crippen LogP) is 1.62. The number of rotatable bonds is 4. The van der Waals surface area contributed by atoms with Crippen molar-refractivity contribution in [3.8, 4) is 5.75 Å². The first-order valence-electron chi connectivity index (χ1n) is 11.3. The van der Waals surface area contributed by atoms with Crippen LogP contribution in [-0.2, 0) is 9.59 Å². The van der Waals surface area contributed by atoms with E-state index in [-0.39, 0.29) is 23.8 Å². The third kappa shape index (κ3) is 3.91. The van der Waals surface area contributed by atoms with E-state index >= 15 is 0 Å². The Balaban J connectivity index is 1.44. The number of likely N-dealkylation sites (tertiary alicyclic amines) is 2. The fraction of sp³-hybridized carbons (Fsp3) is 0.565. The van der Waals surface area contributed by atoms with Crippen LogP contribution in [0, 0.1) is 0 Å². The molecule has 0 unspecified atom stereocenters. The number of carbonyl (C=O) groups excluding carboxylic acids is 4. The number of amides is 5. The number of methoxy groups -OCH3 is 1. The fourth-order valence-corrected chi connectivity index (χ4v) is 4.94. The maximum atomic E-state index is 13.4. The van der Waals surface area contributed by atoms with Crippen molar-refractivity contribution in [3.05, 3.63) is 29.8 Å². The van der Waals surface area contributed by atoms with Crippen LogP contribution >= 0.6 is 0 Å². The first-order chi connectivity index (χ1) is 15.4. The molecule has 1 atom stereocenters. The molecule has 9 heteroatoms. The Morgan fingerprint density at radius 1 is 1.09 bits per heavy atom. The lowest BCUT2D eigenvalue weighted by molar-refractivity contribution is -0.139. The summed E-state index contributed by atoms with van der Waals surface area (Å²) in [5.41, 5.74) is -0.391. The number of urea groups is 1. The first-order valence-corrected chi connectivity index (χ1v) is 11.3. The molecule has 1 aromatic carbocycles. The second-order valence-corrected chi connectivity index (χ2v) is 8.70. The molecule has 0 saturated carbocycles. The monoisotopic (exact) mass is 442 g/mol. The summed E-state index contributed by atoms with van der Waals surface area (Å²) < 4.78 is 5.15. The van der Waals surface area contributed by atoms with E-state index in [2.05, 4.69) is 5.32 Å². The molecule has 9 nitrogen and oxygen atoms in total. The van der Waals surface area contributed by atoms with Crippen molar-refractivity contribution < 1.29 is 23.9 Å². The van der Waals surface area contributed by atoms with E-state index in [9.17, 15) is 19.2 Å². The summed E-state index contributed by atoms with van der Waals surface area (Å²) in [5.74, 6) is 0.392. The van der Waals surface area contributed by atoms with Crippen LogP contribution in [0.25, 0.3) is 0 Å². The molecule has 1 N–H and O–H groups in total. The van der Waals surface area contributed by atoms with Crippen molar-refractivity contribution in [1.29, 1.82) is 0 Å². The molecule has 3 aliphatic heterocycles. The summed E-state index contributed by atoms with van der Waals surface area (Å²) in [6.07, 6.45) is 2.65. The number of nitrogens with one attached hydrogen (secondary N) is 1. The molecule has 172 valence electrons. The molecule has 32 heavy (non-hydrogen) atoms. The molecule has 0 radical (unpaired) electrons. The van der Waals surface area contributed by atoms with Gasteiger partial charge in [0.05, 0.1) is 13.2 Å². The Morgan fingerprint density at radius 3 is 2.41 bits per heavy atom. The predicted molar refractivity (Wildman–Crippen MR) is 116 cm³/mol. The lowest BCUT2D eigenvalue weighted by Crippen LogP contribution is -2.57. The van der Waals surface area contributed by atoms with Gasteiger partial charge in [0.25, 0.3) is 11.8 Å². The standard InChI is InChI=1S/C23H30N4O5/c1-3-19(28)25-13-10-23(11-14-25)21(30)27(22(31)24-23)17-5-4-12-26(15-17)20(29)16-6-8-18(32-2)9-7-16/h6-9,17H,3-5,10-15H2,1-2H3,(H,24,31)/t17-/m1/s1. The van der Waals surface area contributed by atoms with Gasteiger partial charge in [-0.1, -0.05) is 6.92 Å². The minimum atomic E-state index is -0.941. The van der Waals surface area contributed by atoms with E-state index in [1.165, 1.54) is 4.90 Å². The van der Waals surface area contributed by atoms with Crippen molar-refractivity contribution in [2.45, 2.75) is 50.6 Å². The average molecular weight is 443 g/mol. The minimum absolute atomic E-state index is 0.0634. The van der Waals surface area contributed by atoms with Gasteiger partial charge >= 0.3 is 6.03 Å². The summed E-state index contributed by atoms with van der Waals surface area (Å²) in [6, 6.07) is 6.18. The van der Waals surface area contributed by atoms with Crippen molar-refractivity contribution >= 4 is 23.8 Å². The van der Waals surface area contributed by atoms with Crippen LogP contribution in [0.1, 0.15) is 49.4 Å². The number of imide groups is 1. The highest BCUT2D eigenvalue weighted by Crippen LogP contribution is 2.32. The van der Waals surface area contributed by atoms with E-state index in [0.29, 0.717) is 63.2 Å². The van der Waals surface area contributed by atoms with Crippen molar-refractivity contribution in [3.63, 3.8) is 0 Å². The Morgan fingerprint density at radius 2 is 1.78 bits per heavy atom. The van der Waals surface area contributed by atoms with Gasteiger partial charge in [0.15, 0.2) is 0 Å². The molecular formula is C23H30N4O5. The topological polar surface area (TPSA) is 99.3 Å². The average Bonchev–Trinajstić information content (AvgIpc) is 3.07. The van der Waals surface area contributed by atoms with Crippen LogP contribution in [0.2, 0.25) is 0 Å². The molecule has 5 amide bonds. The van der Waals surface area contributed by atoms with Crippen molar-refractivity contribution in [2.24, 2.45) is 0 Å². The molecule has 3 fully saturated rings. The van der Waals surface area contributed by atoms with Crippen molar-refractivity contribution in [1.82, 2.24) is 20.0 Å². The van der Waals surface area contributed by atoms with Gasteiger partial charge in [0.2, 0.25) is 5.91 Å². The van der Waals surface area contributed by atoms with Gasteiger partial charge in [0, 0.05) is 38.2 Å². The van der Waals surface area contributed by atoms with Gasteiger partial charge in [-0.05, 0) is 49.9 Å². The number of hydrogen-bond donors (Lipinski definition) is 1. The highest BCUT2D eigenvalue weighted by molar-refractivity contribution is 6.07. The third-order valence-electron chi connectivity index (χ3n) is 6.85. The molecule has 0 bridgehead atoms. The summed E-state index contributed by atoms with van der Waals surface area (Å²) in [4.78, 5) is 56.0. The van der Waals surface area contributed by atoms with Gasteiger partial charge in [-0.15, -0.1) is 0 Å². The minimum Gasteiger partial charge on any atom is -0.497 e. The lowest BCUT2D eigenvalue weighted by Gasteiger charge is -2.39. The summed E-state index contributed by atoms with van der Waals surface area (Å²) in [6.45, 7) is 3.64. The number of piperidine rings is 2. The quantitative estimate of drug-likeness (QED) is 0.715. The second-order valence-electron chi connectivity index (χ2n) is 8.70. The van der Waals surface area contributed by atoms with E-state index in [1.54, 1.807) is 41.2 Å². The smallest absolute Gasteiger partial charge is 0.325 e. The molecule has 0 aliphatic carbocycles. The maximum Gasteiger partial charge on any atom is 0.325 e. The zero-order valence-corrected chi connectivity index (χ0v) is 18.6. The van der Waals surface area contributed by atoms with Crippen LogP contribution in [0.15, 0.2) is 24.3 Å². The summed E-state index contributed by atoms with van der Waals surface area (Å²) >= 11 is 0. The number of ether oxygens (including phenoxy) is 1. The lowest BCUT2D eigenvalue weighted by atomic mass is 9.87. The normalized spacial score (nSPS) is 22.8. The molecule has 3 aliphatic rings. The fourth-order valence-electron chi connectivity index (χ4n) is 4.94. The molecule has 3 saturated heterocycles. The Labute approximate surface area is 187 Å².